The molecule has 6 aromatic rings. The molecule has 6 rings (SSSR count). The van der Waals surface area contributed by atoms with E-state index < -0.39 is 5.60 Å². The topological polar surface area (TPSA) is 33.4 Å². The molecule has 0 aliphatic heterocycles. The molecule has 0 aliphatic carbocycles. The van der Waals surface area contributed by atoms with Crippen molar-refractivity contribution in [3.05, 3.63) is 144 Å². The Morgan fingerprint density at radius 1 is 0.485 bits per heavy atom. The maximum atomic E-state index is 12.4. The quantitative estimate of drug-likeness (QED) is 0.295. The Labute approximate surface area is 192 Å². The average molecular weight is 427 g/mol. The molecule has 158 valence electrons. The van der Waals surface area contributed by atoms with Crippen LogP contribution in [0.1, 0.15) is 16.7 Å². The van der Waals surface area contributed by atoms with Crippen LogP contribution in [0, 0.1) is 0 Å². The Morgan fingerprint density at radius 3 is 1.76 bits per heavy atom. The highest BCUT2D eigenvalue weighted by Gasteiger charge is 2.36. The third-order valence-electron chi connectivity index (χ3n) is 6.39. The minimum atomic E-state index is -1.33. The van der Waals surface area contributed by atoms with Crippen molar-refractivity contribution in [1.29, 1.82) is 0 Å². The summed E-state index contributed by atoms with van der Waals surface area (Å²) in [7, 11) is 0. The second-order valence-corrected chi connectivity index (χ2v) is 8.27. The highest BCUT2D eigenvalue weighted by molar-refractivity contribution is 6.09. The number of hydrogen-bond donors (Lipinski definition) is 1. The van der Waals surface area contributed by atoms with Crippen LogP contribution in [0.3, 0.4) is 0 Å². The molecule has 0 fully saturated rings. The molecule has 2 nitrogen and oxygen atoms in total. The zero-order valence-electron chi connectivity index (χ0n) is 18.0. The fourth-order valence-electron chi connectivity index (χ4n) is 4.83. The first-order valence-electron chi connectivity index (χ1n) is 11.1. The van der Waals surface area contributed by atoms with Gasteiger partial charge in [0.2, 0.25) is 0 Å². The van der Waals surface area contributed by atoms with Crippen molar-refractivity contribution < 1.29 is 9.52 Å². The molecular formula is C31H22O2. The van der Waals surface area contributed by atoms with Crippen LogP contribution in [-0.4, -0.2) is 5.11 Å². The maximum Gasteiger partial charge on any atom is 0.143 e. The SMILES string of the molecule is OC(c1ccccc1)(c1ccccc1)c1ccccc1-c1cccc2c1oc1ccccc12. The molecule has 33 heavy (non-hydrogen) atoms. The third-order valence-corrected chi connectivity index (χ3v) is 6.39. The number of hydrogen-bond acceptors (Lipinski definition) is 2. The predicted molar refractivity (Wildman–Crippen MR) is 134 cm³/mol. The standard InChI is InChI=1S/C31H22O2/c32-31(22-12-3-1-4-13-22,23-14-5-2-6-15-23)28-20-9-7-16-24(28)26-18-11-19-27-25-17-8-10-21-29(25)33-30(26)27/h1-21,32H. The molecule has 5 aromatic carbocycles. The monoisotopic (exact) mass is 426 g/mol. The van der Waals surface area contributed by atoms with Crippen LogP contribution in [0.2, 0.25) is 0 Å². The van der Waals surface area contributed by atoms with E-state index in [2.05, 4.69) is 30.3 Å². The number of rotatable bonds is 4. The van der Waals surface area contributed by atoms with Crippen molar-refractivity contribution in [2.24, 2.45) is 0 Å². The van der Waals surface area contributed by atoms with Gasteiger partial charge in [-0.15, -0.1) is 0 Å². The fourth-order valence-corrected chi connectivity index (χ4v) is 4.83. The molecule has 1 heterocycles. The first kappa shape index (κ1) is 19.5. The van der Waals surface area contributed by atoms with Crippen molar-refractivity contribution in [3.63, 3.8) is 0 Å². The lowest BCUT2D eigenvalue weighted by molar-refractivity contribution is 0.126. The molecular weight excluding hydrogens is 404 g/mol. The summed E-state index contributed by atoms with van der Waals surface area (Å²) in [5.74, 6) is 0. The molecule has 0 bridgehead atoms. The van der Waals surface area contributed by atoms with E-state index in [9.17, 15) is 5.11 Å². The van der Waals surface area contributed by atoms with Crippen LogP contribution in [0.5, 0.6) is 0 Å². The van der Waals surface area contributed by atoms with Gasteiger partial charge in [0.15, 0.2) is 0 Å². The summed E-state index contributed by atoms with van der Waals surface area (Å²) in [6, 6.07) is 42.1. The zero-order valence-corrected chi connectivity index (χ0v) is 18.0. The molecule has 0 unspecified atom stereocenters. The minimum Gasteiger partial charge on any atom is -0.455 e. The van der Waals surface area contributed by atoms with Gasteiger partial charge in [-0.1, -0.05) is 121 Å². The summed E-state index contributed by atoms with van der Waals surface area (Å²) in [5, 5.41) is 14.6. The summed E-state index contributed by atoms with van der Waals surface area (Å²) in [6.45, 7) is 0. The van der Waals surface area contributed by atoms with Crippen LogP contribution in [-0.2, 0) is 5.60 Å². The molecule has 0 amide bonds. The number of benzene rings is 5. The van der Waals surface area contributed by atoms with Gasteiger partial charge in [0.1, 0.15) is 16.8 Å². The summed E-state index contributed by atoms with van der Waals surface area (Å²) in [5.41, 5.74) is 4.72. The van der Waals surface area contributed by atoms with E-state index in [0.29, 0.717) is 0 Å². The molecule has 0 radical (unpaired) electrons. The molecule has 0 saturated carbocycles. The van der Waals surface area contributed by atoms with E-state index in [4.69, 9.17) is 4.42 Å². The van der Waals surface area contributed by atoms with E-state index in [1.807, 2.05) is 97.1 Å². The summed E-state index contributed by atoms with van der Waals surface area (Å²) >= 11 is 0. The van der Waals surface area contributed by atoms with Gasteiger partial charge in [0.05, 0.1) is 0 Å². The number of fused-ring (bicyclic) bond motifs is 3. The fraction of sp³-hybridized carbons (Fsp3) is 0.0323. The molecule has 1 N–H and O–H groups in total. The first-order valence-corrected chi connectivity index (χ1v) is 11.1. The van der Waals surface area contributed by atoms with Crippen molar-refractivity contribution in [2.45, 2.75) is 5.60 Å². The van der Waals surface area contributed by atoms with E-state index >= 15 is 0 Å². The lowest BCUT2D eigenvalue weighted by atomic mass is 9.77. The van der Waals surface area contributed by atoms with Gasteiger partial charge >= 0.3 is 0 Å². The van der Waals surface area contributed by atoms with Crippen molar-refractivity contribution in [1.82, 2.24) is 0 Å². The molecule has 0 saturated heterocycles. The molecule has 0 spiro atoms. The van der Waals surface area contributed by atoms with Crippen molar-refractivity contribution >= 4 is 21.9 Å². The van der Waals surface area contributed by atoms with Gasteiger partial charge in [-0.25, -0.2) is 0 Å². The minimum absolute atomic E-state index is 0.815. The van der Waals surface area contributed by atoms with E-state index in [1.165, 1.54) is 0 Å². The largest absolute Gasteiger partial charge is 0.455 e. The van der Waals surface area contributed by atoms with Crippen molar-refractivity contribution in [2.75, 3.05) is 0 Å². The van der Waals surface area contributed by atoms with Gasteiger partial charge in [0, 0.05) is 21.9 Å². The van der Waals surface area contributed by atoms with Gasteiger partial charge in [-0.3, -0.25) is 0 Å². The lowest BCUT2D eigenvalue weighted by Gasteiger charge is -2.32. The van der Waals surface area contributed by atoms with E-state index in [0.717, 1.165) is 49.8 Å². The lowest BCUT2D eigenvalue weighted by Crippen LogP contribution is -2.29. The molecule has 1 aromatic heterocycles. The number of aliphatic hydroxyl groups is 1. The highest BCUT2D eigenvalue weighted by Crippen LogP contribution is 2.44. The Morgan fingerprint density at radius 2 is 1.03 bits per heavy atom. The van der Waals surface area contributed by atoms with Gasteiger partial charge in [-0.05, 0) is 22.8 Å². The molecule has 2 heteroatoms. The number of para-hydroxylation sites is 2. The normalized spacial score (nSPS) is 11.8. The van der Waals surface area contributed by atoms with Gasteiger partial charge in [-0.2, -0.15) is 0 Å². The van der Waals surface area contributed by atoms with Crippen LogP contribution in [0.25, 0.3) is 33.1 Å². The summed E-state index contributed by atoms with van der Waals surface area (Å²) in [4.78, 5) is 0. The van der Waals surface area contributed by atoms with Gasteiger partial charge < -0.3 is 9.52 Å². The Kier molecular flexibility index (Phi) is 4.60. The second-order valence-electron chi connectivity index (χ2n) is 8.27. The van der Waals surface area contributed by atoms with Crippen LogP contribution in [0.4, 0.5) is 0 Å². The molecule has 0 aliphatic rings. The number of furan rings is 1. The van der Waals surface area contributed by atoms with E-state index in [1.54, 1.807) is 0 Å². The van der Waals surface area contributed by atoms with Crippen molar-refractivity contribution in [3.8, 4) is 11.1 Å². The van der Waals surface area contributed by atoms with Crippen LogP contribution < -0.4 is 0 Å². The Bertz CT molecular complexity index is 1520. The van der Waals surface area contributed by atoms with Crippen LogP contribution in [0.15, 0.2) is 132 Å². The Balaban J connectivity index is 1.67. The molecule has 0 atom stereocenters. The zero-order chi connectivity index (χ0) is 22.3. The predicted octanol–water partition coefficient (Wildman–Crippen LogP) is 7.54. The average Bonchev–Trinajstić information content (AvgIpc) is 3.28. The van der Waals surface area contributed by atoms with E-state index in [-0.39, 0.29) is 0 Å². The first-order chi connectivity index (χ1) is 16.3. The highest BCUT2D eigenvalue weighted by atomic mass is 16.3. The van der Waals surface area contributed by atoms with Crippen LogP contribution >= 0.6 is 0 Å². The van der Waals surface area contributed by atoms with Gasteiger partial charge in [0.25, 0.3) is 0 Å². The smallest absolute Gasteiger partial charge is 0.143 e. The maximum absolute atomic E-state index is 12.4. The summed E-state index contributed by atoms with van der Waals surface area (Å²) < 4.78 is 6.34. The summed E-state index contributed by atoms with van der Waals surface area (Å²) in [6.07, 6.45) is 0. The third kappa shape index (κ3) is 3.07. The second kappa shape index (κ2) is 7.77. The Hall–Kier alpha value is -4.14.